The zero-order valence-corrected chi connectivity index (χ0v) is 20.6. The summed E-state index contributed by atoms with van der Waals surface area (Å²) in [5.74, 6) is 0.0367. The maximum Gasteiger partial charge on any atom is 0.253 e. The Morgan fingerprint density at radius 1 is 1.06 bits per heavy atom. The Morgan fingerprint density at radius 3 is 2.43 bits per heavy atom. The monoisotopic (exact) mass is 476 g/mol. The van der Waals surface area contributed by atoms with Crippen LogP contribution >= 0.6 is 0 Å². The summed E-state index contributed by atoms with van der Waals surface area (Å²) in [4.78, 5) is 43.5. The molecule has 184 valence electrons. The largest absolute Gasteiger partial charge is 0.436 e. The molecule has 3 amide bonds. The summed E-state index contributed by atoms with van der Waals surface area (Å²) in [6.07, 6.45) is 2.27. The number of aromatic nitrogens is 1. The van der Waals surface area contributed by atoms with Crippen LogP contribution in [0.3, 0.4) is 0 Å². The highest BCUT2D eigenvalue weighted by molar-refractivity contribution is 5.94. The summed E-state index contributed by atoms with van der Waals surface area (Å²) in [6, 6.07) is 14.3. The molecule has 1 aromatic heterocycles. The average molecular weight is 477 g/mol. The van der Waals surface area contributed by atoms with E-state index in [1.807, 2.05) is 50.2 Å². The van der Waals surface area contributed by atoms with Gasteiger partial charge in [-0.2, -0.15) is 0 Å². The molecule has 1 heterocycles. The van der Waals surface area contributed by atoms with Crippen LogP contribution in [0.2, 0.25) is 0 Å². The summed E-state index contributed by atoms with van der Waals surface area (Å²) in [5.41, 5.74) is 2.91. The Balaban J connectivity index is 1.36. The molecule has 3 aromatic rings. The van der Waals surface area contributed by atoms with Crippen molar-refractivity contribution in [3.8, 4) is 11.5 Å². The van der Waals surface area contributed by atoms with Crippen molar-refractivity contribution >= 4 is 28.8 Å². The maximum absolute atomic E-state index is 13.1. The number of benzene rings is 2. The van der Waals surface area contributed by atoms with Crippen LogP contribution < -0.4 is 10.6 Å². The molecule has 1 aliphatic rings. The first-order valence-electron chi connectivity index (χ1n) is 12.0. The molecule has 2 N–H and O–H groups in total. The van der Waals surface area contributed by atoms with Crippen molar-refractivity contribution in [1.29, 1.82) is 0 Å². The average Bonchev–Trinajstić information content (AvgIpc) is 3.48. The number of hydrogen-bond acceptors (Lipinski definition) is 5. The van der Waals surface area contributed by atoms with Crippen LogP contribution in [0.25, 0.3) is 22.6 Å². The van der Waals surface area contributed by atoms with Gasteiger partial charge < -0.3 is 20.0 Å². The molecule has 1 fully saturated rings. The lowest BCUT2D eigenvalue weighted by Crippen LogP contribution is -2.51. The normalized spacial score (nSPS) is 18.4. The second-order valence-electron chi connectivity index (χ2n) is 9.57. The van der Waals surface area contributed by atoms with Crippen molar-refractivity contribution in [1.82, 2.24) is 20.5 Å². The van der Waals surface area contributed by atoms with Crippen molar-refractivity contribution < 1.29 is 18.8 Å². The summed E-state index contributed by atoms with van der Waals surface area (Å²) in [5, 5.41) is 5.78. The van der Waals surface area contributed by atoms with E-state index in [-0.39, 0.29) is 35.7 Å². The lowest BCUT2D eigenvalue weighted by Gasteiger charge is -2.26. The van der Waals surface area contributed by atoms with Gasteiger partial charge in [0.1, 0.15) is 11.6 Å². The zero-order chi connectivity index (χ0) is 25.1. The number of carbonyl (C=O) groups is 3. The quantitative estimate of drug-likeness (QED) is 0.540. The predicted octanol–water partition coefficient (Wildman–Crippen LogP) is 3.76. The van der Waals surface area contributed by atoms with E-state index in [0.29, 0.717) is 17.9 Å². The lowest BCUT2D eigenvalue weighted by molar-refractivity contribution is -0.129. The highest BCUT2D eigenvalue weighted by Gasteiger charge is 2.33. The molecular weight excluding hydrogens is 444 g/mol. The Kier molecular flexibility index (Phi) is 7.19. The van der Waals surface area contributed by atoms with Gasteiger partial charge in [-0.05, 0) is 61.6 Å². The van der Waals surface area contributed by atoms with Gasteiger partial charge in [0.05, 0.1) is 0 Å². The van der Waals surface area contributed by atoms with Gasteiger partial charge in [0.2, 0.25) is 17.7 Å². The van der Waals surface area contributed by atoms with E-state index in [2.05, 4.69) is 15.6 Å². The van der Waals surface area contributed by atoms with Crippen molar-refractivity contribution in [2.24, 2.45) is 5.92 Å². The first-order valence-corrected chi connectivity index (χ1v) is 12.0. The maximum atomic E-state index is 13.1. The number of hydrogen-bond donors (Lipinski definition) is 2. The third-order valence-electron chi connectivity index (χ3n) is 6.60. The fourth-order valence-electron chi connectivity index (χ4n) is 4.61. The van der Waals surface area contributed by atoms with Crippen LogP contribution in [0.4, 0.5) is 0 Å². The molecule has 8 nitrogen and oxygen atoms in total. The molecule has 3 atom stereocenters. The van der Waals surface area contributed by atoms with E-state index in [0.717, 1.165) is 29.5 Å². The third-order valence-corrected chi connectivity index (χ3v) is 6.60. The summed E-state index contributed by atoms with van der Waals surface area (Å²) in [6.45, 7) is 5.22. The number of amides is 3. The minimum Gasteiger partial charge on any atom is -0.436 e. The lowest BCUT2D eigenvalue weighted by atomic mass is 10.0. The van der Waals surface area contributed by atoms with Crippen LogP contribution in [-0.4, -0.2) is 52.8 Å². The number of oxazole rings is 1. The van der Waals surface area contributed by atoms with E-state index >= 15 is 0 Å². The smallest absolute Gasteiger partial charge is 0.253 e. The molecule has 4 rings (SSSR count). The van der Waals surface area contributed by atoms with Crippen molar-refractivity contribution in [2.75, 3.05) is 7.05 Å². The second-order valence-corrected chi connectivity index (χ2v) is 9.57. The van der Waals surface area contributed by atoms with E-state index in [1.54, 1.807) is 24.1 Å². The molecule has 3 unspecified atom stereocenters. The summed E-state index contributed by atoms with van der Waals surface area (Å²) in [7, 11) is 1.81. The molecule has 8 heteroatoms. The Bertz CT molecular complexity index is 1180. The molecule has 1 saturated carbocycles. The molecule has 35 heavy (non-hydrogen) atoms. The van der Waals surface area contributed by atoms with Crippen molar-refractivity contribution in [2.45, 2.75) is 58.2 Å². The molecule has 0 spiro atoms. The van der Waals surface area contributed by atoms with Gasteiger partial charge in [-0.3, -0.25) is 14.4 Å². The standard InChI is InChI=1S/C27H32N4O4/c1-16(2)24(28-17(3)32)25(33)29-20-13-14-21(15-20)31(4)27(34)19-11-9-18(10-12-19)26-30-22-7-5-6-8-23(22)35-26/h5-12,16,20-21,24H,13-15H2,1-4H3,(H,28,32)(H,29,33). The topological polar surface area (TPSA) is 105 Å². The number of rotatable bonds is 7. The summed E-state index contributed by atoms with van der Waals surface area (Å²) >= 11 is 0. The molecule has 1 aliphatic carbocycles. The Morgan fingerprint density at radius 2 is 1.77 bits per heavy atom. The third kappa shape index (κ3) is 5.53. The van der Waals surface area contributed by atoms with Gasteiger partial charge in [0.15, 0.2) is 5.58 Å². The first-order chi connectivity index (χ1) is 16.7. The first kappa shape index (κ1) is 24.4. The second kappa shape index (κ2) is 10.3. The minimum atomic E-state index is -0.564. The molecule has 0 saturated heterocycles. The van der Waals surface area contributed by atoms with Crippen LogP contribution in [0.5, 0.6) is 0 Å². The van der Waals surface area contributed by atoms with Crippen LogP contribution in [-0.2, 0) is 9.59 Å². The Hall–Kier alpha value is -3.68. The highest BCUT2D eigenvalue weighted by Crippen LogP contribution is 2.27. The zero-order valence-electron chi connectivity index (χ0n) is 20.6. The van der Waals surface area contributed by atoms with Crippen LogP contribution in [0, 0.1) is 5.92 Å². The molecule has 2 aromatic carbocycles. The Labute approximate surface area is 205 Å². The number of nitrogens with one attached hydrogen (secondary N) is 2. The number of nitrogens with zero attached hydrogens (tertiary/aromatic N) is 2. The van der Waals surface area contributed by atoms with Gasteiger partial charge in [-0.1, -0.05) is 26.0 Å². The molecule has 0 bridgehead atoms. The minimum absolute atomic E-state index is 0.0157. The van der Waals surface area contributed by atoms with E-state index < -0.39 is 6.04 Å². The highest BCUT2D eigenvalue weighted by atomic mass is 16.3. The molecule has 0 aliphatic heterocycles. The SMILES string of the molecule is CC(=O)NC(C(=O)NC1CCC(N(C)C(=O)c2ccc(-c3nc4ccccc4o3)cc2)C1)C(C)C. The number of fused-ring (bicyclic) bond motifs is 1. The summed E-state index contributed by atoms with van der Waals surface area (Å²) < 4.78 is 5.82. The van der Waals surface area contributed by atoms with Gasteiger partial charge in [0.25, 0.3) is 5.91 Å². The fourth-order valence-corrected chi connectivity index (χ4v) is 4.61. The fraction of sp³-hybridized carbons (Fsp3) is 0.407. The van der Waals surface area contributed by atoms with Crippen molar-refractivity contribution in [3.05, 3.63) is 54.1 Å². The number of para-hydroxylation sites is 2. The van der Waals surface area contributed by atoms with Gasteiger partial charge in [-0.15, -0.1) is 0 Å². The van der Waals surface area contributed by atoms with Gasteiger partial charge >= 0.3 is 0 Å². The van der Waals surface area contributed by atoms with Gasteiger partial charge in [-0.25, -0.2) is 4.98 Å². The molecule has 0 radical (unpaired) electrons. The van der Waals surface area contributed by atoms with Crippen LogP contribution in [0.1, 0.15) is 50.4 Å². The van der Waals surface area contributed by atoms with Gasteiger partial charge in [0, 0.05) is 37.2 Å². The van der Waals surface area contributed by atoms with E-state index in [1.165, 1.54) is 6.92 Å². The van der Waals surface area contributed by atoms with E-state index in [4.69, 9.17) is 4.42 Å². The van der Waals surface area contributed by atoms with E-state index in [9.17, 15) is 14.4 Å². The van der Waals surface area contributed by atoms with Crippen molar-refractivity contribution in [3.63, 3.8) is 0 Å². The number of carbonyl (C=O) groups excluding carboxylic acids is 3. The molecular formula is C27H32N4O4. The van der Waals surface area contributed by atoms with Crippen LogP contribution in [0.15, 0.2) is 52.9 Å². The predicted molar refractivity (Wildman–Crippen MR) is 134 cm³/mol.